The Kier molecular flexibility index (Phi) is 8.57. The van der Waals surface area contributed by atoms with Gasteiger partial charge in [-0.2, -0.15) is 5.26 Å². The number of anilines is 1. The van der Waals surface area contributed by atoms with E-state index in [2.05, 4.69) is 26.6 Å². The number of carbonyl (C=O) groups excluding carboxylic acids is 1. The Morgan fingerprint density at radius 2 is 2.17 bits per heavy atom. The van der Waals surface area contributed by atoms with Gasteiger partial charge in [0, 0.05) is 30.5 Å². The van der Waals surface area contributed by atoms with E-state index in [-0.39, 0.29) is 29.0 Å². The lowest BCUT2D eigenvalue weighted by molar-refractivity contribution is 0.0952. The Morgan fingerprint density at radius 1 is 1.36 bits per heavy atom. The van der Waals surface area contributed by atoms with E-state index in [0.29, 0.717) is 40.1 Å². The number of hydrogen-bond acceptors (Lipinski definition) is 8. The molecule has 36 heavy (non-hydrogen) atoms. The van der Waals surface area contributed by atoms with Gasteiger partial charge in [-0.3, -0.25) is 14.2 Å². The molecule has 10 heteroatoms. The van der Waals surface area contributed by atoms with E-state index in [9.17, 15) is 14.9 Å². The monoisotopic (exact) mass is 508 g/mol. The van der Waals surface area contributed by atoms with Gasteiger partial charge in [-0.15, -0.1) is 11.3 Å². The molecule has 1 aromatic carbocycles. The highest BCUT2D eigenvalue weighted by Crippen LogP contribution is 2.12. The van der Waals surface area contributed by atoms with Gasteiger partial charge in [0.1, 0.15) is 27.4 Å². The zero-order valence-electron chi connectivity index (χ0n) is 20.7. The molecule has 0 aliphatic carbocycles. The molecule has 1 aromatic heterocycles. The molecule has 4 rings (SSSR count). The second-order valence-corrected chi connectivity index (χ2v) is 9.96. The maximum atomic E-state index is 13.0. The number of likely N-dealkylation sites (tertiary alicyclic amines) is 1. The largest absolute Gasteiger partial charge is 0.475 e. The van der Waals surface area contributed by atoms with Crippen LogP contribution in [-0.2, 0) is 11.3 Å². The van der Waals surface area contributed by atoms with Crippen molar-refractivity contribution < 1.29 is 9.53 Å². The minimum atomic E-state index is -0.198. The second kappa shape index (κ2) is 12.0. The average Bonchev–Trinajstić information content (AvgIpc) is 3.62. The Labute approximate surface area is 214 Å². The lowest BCUT2D eigenvalue weighted by Crippen LogP contribution is -2.32. The fourth-order valence-electron chi connectivity index (χ4n) is 4.30. The van der Waals surface area contributed by atoms with E-state index in [1.165, 1.54) is 24.2 Å². The number of benzene rings is 1. The van der Waals surface area contributed by atoms with Gasteiger partial charge in [0.25, 0.3) is 11.5 Å². The first-order valence-corrected chi connectivity index (χ1v) is 13.2. The summed E-state index contributed by atoms with van der Waals surface area (Å²) in [6.45, 7) is 8.57. The van der Waals surface area contributed by atoms with Crippen molar-refractivity contribution in [1.82, 2.24) is 14.8 Å². The van der Waals surface area contributed by atoms with E-state index >= 15 is 0 Å². The van der Waals surface area contributed by atoms with Crippen LogP contribution in [0.5, 0.6) is 0 Å². The van der Waals surface area contributed by atoms with E-state index in [0.717, 1.165) is 26.1 Å². The van der Waals surface area contributed by atoms with E-state index in [1.54, 1.807) is 29.0 Å². The normalized spacial score (nSPS) is 19.0. The van der Waals surface area contributed by atoms with E-state index in [1.807, 2.05) is 19.9 Å². The molecule has 0 spiro atoms. The minimum absolute atomic E-state index is 0.0210. The molecule has 0 radical (unpaired) electrons. The first kappa shape index (κ1) is 25.7. The van der Waals surface area contributed by atoms with Gasteiger partial charge in [-0.05, 0) is 70.9 Å². The average molecular weight is 509 g/mol. The summed E-state index contributed by atoms with van der Waals surface area (Å²) in [5, 5.41) is 15.9. The smallest absolute Gasteiger partial charge is 0.270 e. The van der Waals surface area contributed by atoms with Crippen LogP contribution in [0.25, 0.3) is 11.8 Å². The third kappa shape index (κ3) is 6.04. The molecule has 2 aliphatic rings. The van der Waals surface area contributed by atoms with Crippen LogP contribution in [0.3, 0.4) is 0 Å². The van der Waals surface area contributed by atoms with Crippen LogP contribution in [0.1, 0.15) is 43.5 Å². The third-order valence-electron chi connectivity index (χ3n) is 6.19. The highest BCUT2D eigenvalue weighted by atomic mass is 32.1. The van der Waals surface area contributed by atoms with Gasteiger partial charge >= 0.3 is 0 Å². The maximum absolute atomic E-state index is 13.0. The highest BCUT2D eigenvalue weighted by molar-refractivity contribution is 7.07. The fourth-order valence-corrected chi connectivity index (χ4v) is 5.38. The number of thiazole rings is 1. The number of rotatable bonds is 9. The summed E-state index contributed by atoms with van der Waals surface area (Å²) in [6, 6.07) is 9.30. The van der Waals surface area contributed by atoms with E-state index in [4.69, 9.17) is 4.74 Å². The van der Waals surface area contributed by atoms with Crippen LogP contribution in [0.2, 0.25) is 0 Å². The quantitative estimate of drug-likeness (QED) is 0.497. The molecule has 1 amide bonds. The first-order chi connectivity index (χ1) is 17.5. The van der Waals surface area contributed by atoms with Crippen molar-refractivity contribution in [1.29, 1.82) is 5.26 Å². The van der Waals surface area contributed by atoms with Crippen molar-refractivity contribution in [3.05, 3.63) is 49.4 Å². The number of hydrogen-bond donors (Lipinski definition) is 2. The summed E-state index contributed by atoms with van der Waals surface area (Å²) >= 11 is 1.21. The van der Waals surface area contributed by atoms with Crippen LogP contribution in [0, 0.1) is 11.3 Å². The molecule has 1 saturated heterocycles. The Bertz CT molecular complexity index is 1350. The summed E-state index contributed by atoms with van der Waals surface area (Å²) in [7, 11) is 0. The molecule has 0 unspecified atom stereocenters. The summed E-state index contributed by atoms with van der Waals surface area (Å²) in [5.41, 5.74) is 1.32. The zero-order valence-corrected chi connectivity index (χ0v) is 21.6. The molecular weight excluding hydrogens is 476 g/mol. The van der Waals surface area contributed by atoms with Crippen molar-refractivity contribution in [3.63, 3.8) is 0 Å². The topological polar surface area (TPSA) is 112 Å². The predicted molar refractivity (Wildman–Crippen MR) is 143 cm³/mol. The Hall–Kier alpha value is -3.42. The van der Waals surface area contributed by atoms with Crippen molar-refractivity contribution in [2.45, 2.75) is 45.7 Å². The molecule has 2 aliphatic heterocycles. The fraction of sp³-hybridized carbons (Fsp3) is 0.462. The van der Waals surface area contributed by atoms with Gasteiger partial charge in [0.05, 0.1) is 6.04 Å². The number of nitriles is 1. The molecule has 0 bridgehead atoms. The van der Waals surface area contributed by atoms with Crippen LogP contribution in [0.4, 0.5) is 5.69 Å². The predicted octanol–water partition coefficient (Wildman–Crippen LogP) is 1.49. The Morgan fingerprint density at radius 3 is 2.86 bits per heavy atom. The van der Waals surface area contributed by atoms with Crippen molar-refractivity contribution in [2.24, 2.45) is 4.99 Å². The standard InChI is InChI=1S/C26H32N6O3S/c1-3-32-25(34)22(36-26(32)21(15-27)24-30-18(2)17-35-24)16-29-20-9-6-8-19(14-20)23(33)28-10-7-13-31-11-4-5-12-31/h6,8-9,14,16,18,29H,3-5,7,10-13,17H2,1-2H3,(H,28,33)/b22-16+,26-21-/t18-/m0/s1. The molecular formula is C26H32N6O3S. The number of aromatic nitrogens is 1. The number of nitrogens with zero attached hydrogens (tertiary/aromatic N) is 4. The lowest BCUT2D eigenvalue weighted by Gasteiger charge is -2.14. The number of carbonyl (C=O) groups is 1. The summed E-state index contributed by atoms with van der Waals surface area (Å²) in [6.07, 6.45) is 5.08. The Balaban J connectivity index is 1.48. The molecule has 3 heterocycles. The first-order valence-electron chi connectivity index (χ1n) is 12.4. The summed E-state index contributed by atoms with van der Waals surface area (Å²) in [4.78, 5) is 32.4. The summed E-state index contributed by atoms with van der Waals surface area (Å²) in [5.74, 6) is 0.166. The number of amides is 1. The summed E-state index contributed by atoms with van der Waals surface area (Å²) < 4.78 is 8.08. The van der Waals surface area contributed by atoms with Gasteiger partial charge in [-0.25, -0.2) is 4.99 Å². The highest BCUT2D eigenvalue weighted by Gasteiger charge is 2.21. The van der Waals surface area contributed by atoms with Crippen molar-refractivity contribution in [3.8, 4) is 6.07 Å². The van der Waals surface area contributed by atoms with Gasteiger partial charge in [-0.1, -0.05) is 6.07 Å². The van der Waals surface area contributed by atoms with Crippen LogP contribution in [0.15, 0.2) is 34.1 Å². The molecule has 9 nitrogen and oxygen atoms in total. The van der Waals surface area contributed by atoms with Gasteiger partial charge < -0.3 is 20.3 Å². The van der Waals surface area contributed by atoms with Crippen molar-refractivity contribution in [2.75, 3.05) is 38.1 Å². The van der Waals surface area contributed by atoms with Crippen LogP contribution >= 0.6 is 11.3 Å². The van der Waals surface area contributed by atoms with Crippen LogP contribution in [-0.4, -0.2) is 60.1 Å². The lowest BCUT2D eigenvalue weighted by atomic mass is 10.2. The molecule has 2 aromatic rings. The maximum Gasteiger partial charge on any atom is 0.270 e. The van der Waals surface area contributed by atoms with Gasteiger partial charge in [0.2, 0.25) is 5.90 Å². The molecule has 190 valence electrons. The minimum Gasteiger partial charge on any atom is -0.475 e. The third-order valence-corrected chi connectivity index (χ3v) is 7.32. The molecule has 0 saturated carbocycles. The van der Waals surface area contributed by atoms with Gasteiger partial charge in [0.15, 0.2) is 0 Å². The molecule has 1 atom stereocenters. The number of nitrogens with one attached hydrogen (secondary N) is 2. The molecule has 2 N–H and O–H groups in total. The van der Waals surface area contributed by atoms with Crippen molar-refractivity contribution >= 4 is 40.6 Å². The van der Waals surface area contributed by atoms with E-state index < -0.39 is 0 Å². The number of ether oxygens (including phenoxy) is 1. The van der Waals surface area contributed by atoms with Crippen LogP contribution < -0.4 is 25.4 Å². The molecule has 1 fully saturated rings. The number of aliphatic imine (C=N–C) groups is 1. The second-order valence-electron chi connectivity index (χ2n) is 8.93. The SMILES string of the molecule is CCn1c(=O)/c(=C\Nc2cccc(C(=O)NCCCN3CCCC3)c2)s/c1=C(/C#N)C1=N[C@@H](C)CO1. The zero-order chi connectivity index (χ0) is 25.5.